The van der Waals surface area contributed by atoms with Crippen LogP contribution >= 0.6 is 0 Å². The molecular formula is C33H37NO4. The van der Waals surface area contributed by atoms with Crippen molar-refractivity contribution in [3.63, 3.8) is 0 Å². The zero-order chi connectivity index (χ0) is 26.0. The van der Waals surface area contributed by atoms with Crippen LogP contribution in [0.1, 0.15) is 29.0 Å². The molecule has 4 aromatic rings. The minimum atomic E-state index is -0.0269. The fourth-order valence-electron chi connectivity index (χ4n) is 5.23. The number of aliphatic hydroxyl groups excluding tert-OH is 1. The third-order valence-corrected chi connectivity index (χ3v) is 7.25. The third kappa shape index (κ3) is 7.00. The summed E-state index contributed by atoms with van der Waals surface area (Å²) in [5.74, 6) is 1.06. The van der Waals surface area contributed by atoms with E-state index in [0.717, 1.165) is 30.8 Å². The molecule has 0 amide bonds. The molecule has 0 unspecified atom stereocenters. The smallest absolute Gasteiger partial charge is 0.119 e. The van der Waals surface area contributed by atoms with Crippen LogP contribution < -0.4 is 10.1 Å². The SMILES string of the molecule is OC[C@@H]1CNC[C@H](OCc2ccc3ccccc3c2)[C@H]1c1ccc(OCCCOCc2ccccc2)cc1. The molecule has 1 aliphatic rings. The van der Waals surface area contributed by atoms with Crippen molar-refractivity contribution in [2.45, 2.75) is 31.7 Å². The Morgan fingerprint density at radius 3 is 2.34 bits per heavy atom. The van der Waals surface area contributed by atoms with Crippen molar-refractivity contribution in [1.29, 1.82) is 0 Å². The zero-order valence-electron chi connectivity index (χ0n) is 21.8. The fourth-order valence-corrected chi connectivity index (χ4v) is 5.23. The molecular weight excluding hydrogens is 474 g/mol. The number of hydrogen-bond acceptors (Lipinski definition) is 5. The molecule has 0 aliphatic carbocycles. The van der Waals surface area contributed by atoms with E-state index >= 15 is 0 Å². The molecule has 5 nitrogen and oxygen atoms in total. The van der Waals surface area contributed by atoms with Crippen LogP contribution in [0.5, 0.6) is 5.75 Å². The molecule has 1 aliphatic heterocycles. The van der Waals surface area contributed by atoms with E-state index in [1.807, 2.05) is 30.3 Å². The van der Waals surface area contributed by atoms with Crippen LogP contribution in [0.4, 0.5) is 0 Å². The van der Waals surface area contributed by atoms with Gasteiger partial charge in [0.15, 0.2) is 0 Å². The largest absolute Gasteiger partial charge is 0.494 e. The minimum absolute atomic E-state index is 0.0269. The van der Waals surface area contributed by atoms with Gasteiger partial charge in [-0.2, -0.15) is 0 Å². The average molecular weight is 512 g/mol. The Balaban J connectivity index is 1.14. The van der Waals surface area contributed by atoms with Gasteiger partial charge in [0.1, 0.15) is 5.75 Å². The maximum atomic E-state index is 10.1. The number of nitrogens with one attached hydrogen (secondary N) is 1. The third-order valence-electron chi connectivity index (χ3n) is 7.25. The molecule has 3 atom stereocenters. The summed E-state index contributed by atoms with van der Waals surface area (Å²) in [6, 6.07) is 33.3. The number of rotatable bonds is 12. The molecule has 38 heavy (non-hydrogen) atoms. The maximum absolute atomic E-state index is 10.1. The topological polar surface area (TPSA) is 60.0 Å². The highest BCUT2D eigenvalue weighted by atomic mass is 16.5. The Kier molecular flexibility index (Phi) is 9.40. The highest BCUT2D eigenvalue weighted by Gasteiger charge is 2.34. The van der Waals surface area contributed by atoms with Gasteiger partial charge in [0.05, 0.1) is 32.5 Å². The van der Waals surface area contributed by atoms with E-state index in [9.17, 15) is 5.11 Å². The van der Waals surface area contributed by atoms with Gasteiger partial charge in [-0.15, -0.1) is 0 Å². The number of hydrogen-bond donors (Lipinski definition) is 2. The van der Waals surface area contributed by atoms with Crippen LogP contribution in [0.15, 0.2) is 97.1 Å². The summed E-state index contributed by atoms with van der Waals surface area (Å²) in [5.41, 5.74) is 3.51. The van der Waals surface area contributed by atoms with E-state index < -0.39 is 0 Å². The van der Waals surface area contributed by atoms with Crippen LogP contribution in [-0.4, -0.2) is 44.1 Å². The minimum Gasteiger partial charge on any atom is -0.494 e. The Morgan fingerprint density at radius 2 is 1.53 bits per heavy atom. The molecule has 0 saturated carbocycles. The fraction of sp³-hybridized carbons (Fsp3) is 0.333. The summed E-state index contributed by atoms with van der Waals surface area (Å²) in [6.45, 7) is 4.10. The lowest BCUT2D eigenvalue weighted by atomic mass is 9.79. The molecule has 4 aromatic carbocycles. The van der Waals surface area contributed by atoms with Gasteiger partial charge in [0.2, 0.25) is 0 Å². The molecule has 1 fully saturated rings. The van der Waals surface area contributed by atoms with Crippen molar-refractivity contribution in [3.8, 4) is 5.75 Å². The first-order valence-electron chi connectivity index (χ1n) is 13.6. The second-order valence-corrected chi connectivity index (χ2v) is 9.97. The quantitative estimate of drug-likeness (QED) is 0.239. The molecule has 5 rings (SSSR count). The normalized spacial score (nSPS) is 19.4. The van der Waals surface area contributed by atoms with Crippen molar-refractivity contribution >= 4 is 10.8 Å². The van der Waals surface area contributed by atoms with Gasteiger partial charge >= 0.3 is 0 Å². The maximum Gasteiger partial charge on any atom is 0.119 e. The molecule has 0 radical (unpaired) electrons. The number of fused-ring (bicyclic) bond motifs is 1. The standard InChI is InChI=1S/C33H37NO4/c35-22-30-20-34-21-32(38-24-26-11-12-27-9-4-5-10-29(27)19-26)33(30)28-13-15-31(16-14-28)37-18-6-17-36-23-25-7-2-1-3-8-25/h1-5,7-16,19,30,32-35H,6,17-18,20-24H2/t30-,32-,33-/m0/s1. The summed E-state index contributed by atoms with van der Waals surface area (Å²) < 4.78 is 18.2. The van der Waals surface area contributed by atoms with Gasteiger partial charge < -0.3 is 24.6 Å². The van der Waals surface area contributed by atoms with Crippen LogP contribution in [-0.2, 0) is 22.7 Å². The van der Waals surface area contributed by atoms with E-state index in [-0.39, 0.29) is 24.5 Å². The molecule has 5 heteroatoms. The van der Waals surface area contributed by atoms with Crippen molar-refractivity contribution < 1.29 is 19.3 Å². The van der Waals surface area contributed by atoms with E-state index in [2.05, 4.69) is 72.0 Å². The summed E-state index contributed by atoms with van der Waals surface area (Å²) in [6.07, 6.45) is 0.807. The van der Waals surface area contributed by atoms with E-state index in [1.54, 1.807) is 0 Å². The number of piperidine rings is 1. The van der Waals surface area contributed by atoms with E-state index in [0.29, 0.717) is 26.4 Å². The Labute approximate surface area is 225 Å². The van der Waals surface area contributed by atoms with Gasteiger partial charge in [-0.1, -0.05) is 78.9 Å². The number of ether oxygens (including phenoxy) is 3. The number of benzene rings is 4. The first kappa shape index (κ1) is 26.4. The first-order chi connectivity index (χ1) is 18.8. The Bertz CT molecular complexity index is 1260. The lowest BCUT2D eigenvalue weighted by Gasteiger charge is -2.38. The van der Waals surface area contributed by atoms with Crippen molar-refractivity contribution in [1.82, 2.24) is 5.32 Å². The van der Waals surface area contributed by atoms with Crippen LogP contribution in [0.2, 0.25) is 0 Å². The second-order valence-electron chi connectivity index (χ2n) is 9.97. The van der Waals surface area contributed by atoms with Crippen molar-refractivity contribution in [3.05, 3.63) is 114 Å². The van der Waals surface area contributed by atoms with Gasteiger partial charge in [-0.05, 0) is 45.7 Å². The van der Waals surface area contributed by atoms with Crippen LogP contribution in [0.25, 0.3) is 10.8 Å². The Hall–Kier alpha value is -3.22. The van der Waals surface area contributed by atoms with E-state index in [4.69, 9.17) is 14.2 Å². The summed E-state index contributed by atoms with van der Waals surface area (Å²) in [4.78, 5) is 0. The first-order valence-corrected chi connectivity index (χ1v) is 13.6. The molecule has 1 heterocycles. The predicted molar refractivity (Wildman–Crippen MR) is 151 cm³/mol. The summed E-state index contributed by atoms with van der Waals surface area (Å²) in [7, 11) is 0. The van der Waals surface area contributed by atoms with Gasteiger partial charge in [0, 0.05) is 38.0 Å². The lowest BCUT2D eigenvalue weighted by molar-refractivity contribution is -0.0151. The van der Waals surface area contributed by atoms with E-state index in [1.165, 1.54) is 21.9 Å². The van der Waals surface area contributed by atoms with Gasteiger partial charge in [0.25, 0.3) is 0 Å². The van der Waals surface area contributed by atoms with Crippen LogP contribution in [0.3, 0.4) is 0 Å². The molecule has 198 valence electrons. The highest BCUT2D eigenvalue weighted by molar-refractivity contribution is 5.82. The highest BCUT2D eigenvalue weighted by Crippen LogP contribution is 2.34. The van der Waals surface area contributed by atoms with Crippen molar-refractivity contribution in [2.24, 2.45) is 5.92 Å². The molecule has 0 aromatic heterocycles. The van der Waals surface area contributed by atoms with Gasteiger partial charge in [-0.25, -0.2) is 0 Å². The zero-order valence-corrected chi connectivity index (χ0v) is 21.8. The second kappa shape index (κ2) is 13.5. The molecule has 0 bridgehead atoms. The summed E-state index contributed by atoms with van der Waals surface area (Å²) in [5, 5.41) is 16.0. The van der Waals surface area contributed by atoms with Crippen LogP contribution in [0, 0.1) is 5.92 Å². The summed E-state index contributed by atoms with van der Waals surface area (Å²) >= 11 is 0. The average Bonchev–Trinajstić information content (AvgIpc) is 2.98. The monoisotopic (exact) mass is 511 g/mol. The molecule has 2 N–H and O–H groups in total. The lowest BCUT2D eigenvalue weighted by Crippen LogP contribution is -2.47. The molecule has 0 spiro atoms. The predicted octanol–water partition coefficient (Wildman–Crippen LogP) is 5.71. The van der Waals surface area contributed by atoms with Crippen molar-refractivity contribution in [2.75, 3.05) is 32.9 Å². The molecule has 1 saturated heterocycles. The van der Waals surface area contributed by atoms with Gasteiger partial charge in [-0.3, -0.25) is 0 Å². The number of aliphatic hydroxyl groups is 1. The Morgan fingerprint density at radius 1 is 0.737 bits per heavy atom.